The van der Waals surface area contributed by atoms with Crippen LogP contribution in [-0.2, 0) is 11.2 Å². The minimum absolute atomic E-state index is 0.0757. The number of aromatic nitrogens is 1. The highest BCUT2D eigenvalue weighted by Gasteiger charge is 2.11. The van der Waals surface area contributed by atoms with E-state index in [0.29, 0.717) is 11.6 Å². The zero-order valence-corrected chi connectivity index (χ0v) is 11.9. The first-order valence-corrected chi connectivity index (χ1v) is 6.74. The maximum absolute atomic E-state index is 11.0. The molecule has 1 aromatic carbocycles. The second-order valence-electron chi connectivity index (χ2n) is 4.31. The first kappa shape index (κ1) is 14.1. The molecule has 0 radical (unpaired) electrons. The third kappa shape index (κ3) is 3.39. The third-order valence-corrected chi connectivity index (χ3v) is 3.73. The minimum atomic E-state index is -0.411. The molecule has 1 amide bonds. The molecule has 0 saturated heterocycles. The summed E-state index contributed by atoms with van der Waals surface area (Å²) in [7, 11) is 0. The van der Waals surface area contributed by atoms with E-state index in [-0.39, 0.29) is 11.6 Å². The highest BCUT2D eigenvalue weighted by molar-refractivity contribution is 7.15. The van der Waals surface area contributed by atoms with Crippen molar-refractivity contribution in [3.63, 3.8) is 0 Å². The van der Waals surface area contributed by atoms with Crippen molar-refractivity contribution >= 4 is 28.1 Å². The molecule has 0 saturated carbocycles. The van der Waals surface area contributed by atoms with Crippen LogP contribution in [-0.4, -0.2) is 15.8 Å². The smallest absolute Gasteiger partial charge is 0.269 e. The summed E-state index contributed by atoms with van der Waals surface area (Å²) < 4.78 is 0. The molecular weight excluding hydrogens is 278 g/mol. The van der Waals surface area contributed by atoms with E-state index in [9.17, 15) is 14.9 Å². The summed E-state index contributed by atoms with van der Waals surface area (Å²) in [5, 5.41) is 13.9. The number of aryl methyl sites for hydroxylation is 1. The van der Waals surface area contributed by atoms with Gasteiger partial charge in [0, 0.05) is 30.4 Å². The van der Waals surface area contributed by atoms with E-state index in [2.05, 4.69) is 10.3 Å². The second-order valence-corrected chi connectivity index (χ2v) is 5.40. The van der Waals surface area contributed by atoms with Gasteiger partial charge in [-0.15, -0.1) is 11.3 Å². The lowest BCUT2D eigenvalue weighted by Gasteiger charge is -1.99. The van der Waals surface area contributed by atoms with Crippen molar-refractivity contribution in [3.05, 3.63) is 50.5 Å². The summed E-state index contributed by atoms with van der Waals surface area (Å²) in [5.41, 5.74) is 1.75. The Balaban J connectivity index is 2.21. The molecule has 0 spiro atoms. The Morgan fingerprint density at radius 2 is 2.25 bits per heavy atom. The van der Waals surface area contributed by atoms with Gasteiger partial charge in [0.2, 0.25) is 5.91 Å². The molecule has 0 aliphatic heterocycles. The Morgan fingerprint density at radius 1 is 1.50 bits per heavy atom. The molecular formula is C13H13N3O3S. The van der Waals surface area contributed by atoms with E-state index in [4.69, 9.17) is 0 Å². The largest absolute Gasteiger partial charge is 0.302 e. The van der Waals surface area contributed by atoms with Crippen LogP contribution in [0.2, 0.25) is 0 Å². The van der Waals surface area contributed by atoms with Crippen LogP contribution in [0.15, 0.2) is 24.3 Å². The van der Waals surface area contributed by atoms with E-state index < -0.39 is 4.92 Å². The molecule has 6 nitrogen and oxygen atoms in total. The van der Waals surface area contributed by atoms with Gasteiger partial charge in [-0.1, -0.05) is 12.1 Å². The number of thiazole rings is 1. The summed E-state index contributed by atoms with van der Waals surface area (Å²) in [5.74, 6) is -0.166. The Labute approximate surface area is 119 Å². The Hall–Kier alpha value is -2.28. The van der Waals surface area contributed by atoms with Gasteiger partial charge in [0.1, 0.15) is 0 Å². The highest BCUT2D eigenvalue weighted by atomic mass is 32.1. The first-order chi connectivity index (χ1) is 9.45. The van der Waals surface area contributed by atoms with Crippen molar-refractivity contribution in [1.29, 1.82) is 0 Å². The third-order valence-electron chi connectivity index (χ3n) is 2.66. The van der Waals surface area contributed by atoms with Crippen LogP contribution in [0, 0.1) is 17.0 Å². The van der Waals surface area contributed by atoms with Crippen molar-refractivity contribution in [2.24, 2.45) is 0 Å². The van der Waals surface area contributed by atoms with E-state index in [1.807, 2.05) is 13.0 Å². The van der Waals surface area contributed by atoms with Gasteiger partial charge in [-0.2, -0.15) is 0 Å². The van der Waals surface area contributed by atoms with Gasteiger partial charge in [-0.25, -0.2) is 4.98 Å². The molecule has 0 aliphatic rings. The Bertz CT molecular complexity index is 667. The number of hydrogen-bond acceptors (Lipinski definition) is 5. The van der Waals surface area contributed by atoms with Crippen molar-refractivity contribution in [2.45, 2.75) is 20.3 Å². The van der Waals surface area contributed by atoms with Crippen LogP contribution in [0.5, 0.6) is 0 Å². The number of carbonyl (C=O) groups excluding carboxylic acids is 1. The molecule has 20 heavy (non-hydrogen) atoms. The SMILES string of the molecule is CC(=O)Nc1nc(C)c(Cc2cccc([N+](=O)[O-])c2)s1. The molecule has 1 N–H and O–H groups in total. The number of amides is 1. The predicted octanol–water partition coefficient (Wildman–Crippen LogP) is 2.91. The Kier molecular flexibility index (Phi) is 4.09. The molecule has 2 aromatic rings. The molecule has 0 fully saturated rings. The van der Waals surface area contributed by atoms with Gasteiger partial charge in [-0.05, 0) is 12.5 Å². The zero-order valence-electron chi connectivity index (χ0n) is 11.0. The number of anilines is 1. The molecule has 2 rings (SSSR count). The fourth-order valence-corrected chi connectivity index (χ4v) is 2.80. The normalized spacial score (nSPS) is 10.3. The van der Waals surface area contributed by atoms with Gasteiger partial charge < -0.3 is 5.32 Å². The van der Waals surface area contributed by atoms with Crippen LogP contribution < -0.4 is 5.32 Å². The van der Waals surface area contributed by atoms with Crippen molar-refractivity contribution < 1.29 is 9.72 Å². The van der Waals surface area contributed by atoms with E-state index in [1.54, 1.807) is 12.1 Å². The zero-order chi connectivity index (χ0) is 14.7. The van der Waals surface area contributed by atoms with E-state index >= 15 is 0 Å². The average molecular weight is 291 g/mol. The average Bonchev–Trinajstić information content (AvgIpc) is 2.69. The lowest BCUT2D eigenvalue weighted by molar-refractivity contribution is -0.384. The fraction of sp³-hybridized carbons (Fsp3) is 0.231. The summed E-state index contributed by atoms with van der Waals surface area (Å²) in [4.78, 5) is 26.6. The maximum atomic E-state index is 11.0. The van der Waals surface area contributed by atoms with Gasteiger partial charge >= 0.3 is 0 Å². The van der Waals surface area contributed by atoms with Crippen molar-refractivity contribution in [3.8, 4) is 0 Å². The Morgan fingerprint density at radius 3 is 2.90 bits per heavy atom. The summed E-state index contributed by atoms with van der Waals surface area (Å²) >= 11 is 1.38. The number of hydrogen-bond donors (Lipinski definition) is 1. The lowest BCUT2D eigenvalue weighted by atomic mass is 10.1. The number of carbonyl (C=O) groups is 1. The maximum Gasteiger partial charge on any atom is 0.269 e. The topological polar surface area (TPSA) is 85.1 Å². The number of benzene rings is 1. The number of nitrogens with zero attached hydrogens (tertiary/aromatic N) is 2. The van der Waals surface area contributed by atoms with Crippen LogP contribution >= 0.6 is 11.3 Å². The van der Waals surface area contributed by atoms with Gasteiger partial charge in [0.15, 0.2) is 5.13 Å². The molecule has 7 heteroatoms. The molecule has 1 heterocycles. The van der Waals surface area contributed by atoms with Crippen LogP contribution in [0.4, 0.5) is 10.8 Å². The molecule has 0 unspecified atom stereocenters. The summed E-state index contributed by atoms with van der Waals surface area (Å²) in [6.07, 6.45) is 0.560. The van der Waals surface area contributed by atoms with Gasteiger partial charge in [0.25, 0.3) is 5.69 Å². The first-order valence-electron chi connectivity index (χ1n) is 5.93. The predicted molar refractivity (Wildman–Crippen MR) is 77.1 cm³/mol. The number of rotatable bonds is 4. The highest BCUT2D eigenvalue weighted by Crippen LogP contribution is 2.26. The fourth-order valence-electron chi connectivity index (χ4n) is 1.76. The molecule has 0 bridgehead atoms. The quantitative estimate of drug-likeness (QED) is 0.693. The molecule has 1 aromatic heterocycles. The number of non-ortho nitro benzene ring substituents is 1. The monoisotopic (exact) mass is 291 g/mol. The van der Waals surface area contributed by atoms with Crippen molar-refractivity contribution in [1.82, 2.24) is 4.98 Å². The van der Waals surface area contributed by atoms with Crippen LogP contribution in [0.1, 0.15) is 23.1 Å². The van der Waals surface area contributed by atoms with Gasteiger partial charge in [0.05, 0.1) is 10.6 Å². The van der Waals surface area contributed by atoms with E-state index in [1.165, 1.54) is 24.3 Å². The summed E-state index contributed by atoms with van der Waals surface area (Å²) in [6, 6.07) is 6.52. The molecule has 104 valence electrons. The number of nitrogens with one attached hydrogen (secondary N) is 1. The van der Waals surface area contributed by atoms with Gasteiger partial charge in [-0.3, -0.25) is 14.9 Å². The molecule has 0 atom stereocenters. The lowest BCUT2D eigenvalue weighted by Crippen LogP contribution is -2.04. The van der Waals surface area contributed by atoms with Crippen molar-refractivity contribution in [2.75, 3.05) is 5.32 Å². The standard InChI is InChI=1S/C13H13N3O3S/c1-8-12(20-13(14-8)15-9(2)17)7-10-4-3-5-11(6-10)16(18)19/h3-6H,7H2,1-2H3,(H,14,15,17). The minimum Gasteiger partial charge on any atom is -0.302 e. The van der Waals surface area contributed by atoms with Crippen LogP contribution in [0.3, 0.4) is 0 Å². The number of nitro benzene ring substituents is 1. The van der Waals surface area contributed by atoms with E-state index in [0.717, 1.165) is 16.1 Å². The summed E-state index contributed by atoms with van der Waals surface area (Å²) in [6.45, 7) is 3.28. The molecule has 0 aliphatic carbocycles. The second kappa shape index (κ2) is 5.79. The number of nitro groups is 1. The van der Waals surface area contributed by atoms with Crippen LogP contribution in [0.25, 0.3) is 0 Å².